The Balaban J connectivity index is 1.97. The summed E-state index contributed by atoms with van der Waals surface area (Å²) < 4.78 is 5.66. The topological polar surface area (TPSA) is 52.8 Å². The van der Waals surface area contributed by atoms with Gasteiger partial charge in [-0.1, -0.05) is 13.8 Å². The molecule has 130 valence electrons. The summed E-state index contributed by atoms with van der Waals surface area (Å²) in [5, 5.41) is 6.77. The van der Waals surface area contributed by atoms with E-state index in [2.05, 4.69) is 42.4 Å². The molecule has 0 aromatic carbocycles. The molecule has 1 saturated heterocycles. The average molecular weight is 320 g/mol. The van der Waals surface area contributed by atoms with Crippen LogP contribution >= 0.6 is 0 Å². The van der Waals surface area contributed by atoms with Gasteiger partial charge in [-0.25, -0.2) is 0 Å². The van der Waals surface area contributed by atoms with Gasteiger partial charge in [-0.2, -0.15) is 0 Å². The highest BCUT2D eigenvalue weighted by atomic mass is 16.3. The highest BCUT2D eigenvalue weighted by Gasteiger charge is 2.25. The summed E-state index contributed by atoms with van der Waals surface area (Å²) in [6, 6.07) is 4.28. The van der Waals surface area contributed by atoms with Crippen LogP contribution in [-0.2, 0) is 0 Å². The van der Waals surface area contributed by atoms with Crippen molar-refractivity contribution in [2.45, 2.75) is 46.1 Å². The standard InChI is InChI=1S/C18H32N4O/c1-4-19-18(20-10-9-15(2)3)21-14-16(17-8-7-13-23-17)22-11-5-6-12-22/h7-8,13,15-16H,4-6,9-12,14H2,1-3H3,(H2,19,20,21). The van der Waals surface area contributed by atoms with Crippen molar-refractivity contribution >= 4 is 5.96 Å². The zero-order valence-electron chi connectivity index (χ0n) is 14.8. The van der Waals surface area contributed by atoms with Crippen LogP contribution in [0, 0.1) is 5.92 Å². The van der Waals surface area contributed by atoms with Crippen LogP contribution in [0.5, 0.6) is 0 Å². The number of aliphatic imine (C=N–C) groups is 1. The van der Waals surface area contributed by atoms with E-state index in [4.69, 9.17) is 9.41 Å². The van der Waals surface area contributed by atoms with Crippen molar-refractivity contribution in [2.24, 2.45) is 10.9 Å². The molecule has 2 rings (SSSR count). The van der Waals surface area contributed by atoms with E-state index in [0.717, 1.165) is 50.9 Å². The minimum atomic E-state index is 0.244. The lowest BCUT2D eigenvalue weighted by atomic mass is 10.1. The number of furan rings is 1. The molecule has 1 aromatic heterocycles. The minimum absolute atomic E-state index is 0.244. The third kappa shape index (κ3) is 5.90. The molecule has 23 heavy (non-hydrogen) atoms. The first-order chi connectivity index (χ1) is 11.2. The number of nitrogens with zero attached hydrogens (tertiary/aromatic N) is 2. The number of nitrogens with one attached hydrogen (secondary N) is 2. The van der Waals surface area contributed by atoms with Crippen molar-refractivity contribution in [1.82, 2.24) is 15.5 Å². The predicted octanol–water partition coefficient (Wildman–Crippen LogP) is 3.02. The van der Waals surface area contributed by atoms with Crippen LogP contribution < -0.4 is 10.6 Å². The summed E-state index contributed by atoms with van der Waals surface area (Å²) >= 11 is 0. The van der Waals surface area contributed by atoms with E-state index in [-0.39, 0.29) is 6.04 Å². The fourth-order valence-electron chi connectivity index (χ4n) is 2.92. The second-order valence-electron chi connectivity index (χ2n) is 6.60. The smallest absolute Gasteiger partial charge is 0.191 e. The fraction of sp³-hybridized carbons (Fsp3) is 0.722. The maximum atomic E-state index is 5.66. The Labute approximate surface area is 140 Å². The van der Waals surface area contributed by atoms with Gasteiger partial charge in [-0.05, 0) is 57.3 Å². The van der Waals surface area contributed by atoms with Crippen molar-refractivity contribution in [3.63, 3.8) is 0 Å². The molecule has 0 aliphatic carbocycles. The Kier molecular flexibility index (Phi) is 7.46. The molecule has 2 N–H and O–H groups in total. The number of hydrogen-bond donors (Lipinski definition) is 2. The maximum Gasteiger partial charge on any atom is 0.191 e. The Bertz CT molecular complexity index is 450. The molecule has 1 atom stereocenters. The number of likely N-dealkylation sites (tertiary alicyclic amines) is 1. The summed E-state index contributed by atoms with van der Waals surface area (Å²) in [4.78, 5) is 7.29. The van der Waals surface area contributed by atoms with Crippen LogP contribution in [0.3, 0.4) is 0 Å². The maximum absolute atomic E-state index is 5.66. The Morgan fingerprint density at radius 2 is 2.09 bits per heavy atom. The van der Waals surface area contributed by atoms with E-state index in [1.165, 1.54) is 12.8 Å². The molecule has 0 amide bonds. The molecule has 1 fully saturated rings. The van der Waals surface area contributed by atoms with E-state index < -0.39 is 0 Å². The molecule has 1 unspecified atom stereocenters. The zero-order valence-corrected chi connectivity index (χ0v) is 14.8. The van der Waals surface area contributed by atoms with Gasteiger partial charge in [0, 0.05) is 13.1 Å². The molecule has 5 heteroatoms. The first-order valence-electron chi connectivity index (χ1n) is 9.00. The van der Waals surface area contributed by atoms with Crippen LogP contribution in [0.1, 0.15) is 51.8 Å². The Morgan fingerprint density at radius 1 is 1.30 bits per heavy atom. The average Bonchev–Trinajstić information content (AvgIpc) is 3.21. The quantitative estimate of drug-likeness (QED) is 0.571. The van der Waals surface area contributed by atoms with Crippen LogP contribution in [0.2, 0.25) is 0 Å². The molecule has 0 bridgehead atoms. The third-order valence-electron chi connectivity index (χ3n) is 4.23. The van der Waals surface area contributed by atoms with E-state index in [1.54, 1.807) is 6.26 Å². The van der Waals surface area contributed by atoms with Gasteiger partial charge in [0.05, 0.1) is 18.8 Å². The highest BCUT2D eigenvalue weighted by Crippen LogP contribution is 2.25. The molecule has 0 radical (unpaired) electrons. The Morgan fingerprint density at radius 3 is 2.70 bits per heavy atom. The number of rotatable bonds is 8. The van der Waals surface area contributed by atoms with Crippen LogP contribution in [0.25, 0.3) is 0 Å². The second-order valence-corrected chi connectivity index (χ2v) is 6.60. The monoisotopic (exact) mass is 320 g/mol. The molecular weight excluding hydrogens is 288 g/mol. The van der Waals surface area contributed by atoms with Crippen molar-refractivity contribution in [3.8, 4) is 0 Å². The summed E-state index contributed by atoms with van der Waals surface area (Å²) in [6.45, 7) is 11.4. The fourth-order valence-corrected chi connectivity index (χ4v) is 2.92. The summed E-state index contributed by atoms with van der Waals surface area (Å²) in [5.74, 6) is 2.63. The van der Waals surface area contributed by atoms with E-state index in [1.807, 2.05) is 6.07 Å². The predicted molar refractivity (Wildman–Crippen MR) is 95.7 cm³/mol. The molecule has 1 aliphatic rings. The summed E-state index contributed by atoms with van der Waals surface area (Å²) in [5.41, 5.74) is 0. The van der Waals surface area contributed by atoms with Crippen molar-refractivity contribution in [2.75, 3.05) is 32.7 Å². The van der Waals surface area contributed by atoms with Crippen LogP contribution in [0.4, 0.5) is 0 Å². The summed E-state index contributed by atoms with van der Waals surface area (Å²) in [7, 11) is 0. The van der Waals surface area contributed by atoms with Gasteiger partial charge in [0.1, 0.15) is 5.76 Å². The number of guanidine groups is 1. The highest BCUT2D eigenvalue weighted by molar-refractivity contribution is 5.79. The molecule has 0 saturated carbocycles. The molecule has 5 nitrogen and oxygen atoms in total. The molecule has 1 aliphatic heterocycles. The summed E-state index contributed by atoms with van der Waals surface area (Å²) in [6.07, 6.45) is 5.45. The van der Waals surface area contributed by atoms with E-state index in [0.29, 0.717) is 5.92 Å². The van der Waals surface area contributed by atoms with Gasteiger partial charge in [-0.15, -0.1) is 0 Å². The second kappa shape index (κ2) is 9.60. The van der Waals surface area contributed by atoms with Gasteiger partial charge < -0.3 is 15.1 Å². The lowest BCUT2D eigenvalue weighted by Gasteiger charge is -2.24. The molecular formula is C18H32N4O. The van der Waals surface area contributed by atoms with Crippen molar-refractivity contribution < 1.29 is 4.42 Å². The van der Waals surface area contributed by atoms with Gasteiger partial charge in [0.2, 0.25) is 0 Å². The van der Waals surface area contributed by atoms with Crippen molar-refractivity contribution in [3.05, 3.63) is 24.2 Å². The van der Waals surface area contributed by atoms with Gasteiger partial charge in [-0.3, -0.25) is 9.89 Å². The van der Waals surface area contributed by atoms with Crippen molar-refractivity contribution in [1.29, 1.82) is 0 Å². The number of hydrogen-bond acceptors (Lipinski definition) is 3. The first kappa shape index (κ1) is 17.9. The lowest BCUT2D eigenvalue weighted by molar-refractivity contribution is 0.221. The van der Waals surface area contributed by atoms with Crippen LogP contribution in [-0.4, -0.2) is 43.6 Å². The minimum Gasteiger partial charge on any atom is -0.468 e. The molecule has 1 aromatic rings. The SMILES string of the molecule is CCNC(=NCC(c1ccco1)N1CCCC1)NCCC(C)C. The van der Waals surface area contributed by atoms with E-state index in [9.17, 15) is 0 Å². The molecule has 0 spiro atoms. The Hall–Kier alpha value is -1.49. The zero-order chi connectivity index (χ0) is 16.5. The van der Waals surface area contributed by atoms with Gasteiger partial charge in [0.15, 0.2) is 5.96 Å². The third-order valence-corrected chi connectivity index (χ3v) is 4.23. The lowest BCUT2D eigenvalue weighted by Crippen LogP contribution is -2.39. The normalized spacial score (nSPS) is 17.7. The first-order valence-corrected chi connectivity index (χ1v) is 9.00. The largest absolute Gasteiger partial charge is 0.468 e. The van der Waals surface area contributed by atoms with Gasteiger partial charge in [0.25, 0.3) is 0 Å². The van der Waals surface area contributed by atoms with E-state index >= 15 is 0 Å². The van der Waals surface area contributed by atoms with Gasteiger partial charge >= 0.3 is 0 Å². The van der Waals surface area contributed by atoms with Crippen LogP contribution in [0.15, 0.2) is 27.8 Å². The molecule has 2 heterocycles.